The number of rotatable bonds is 3. The van der Waals surface area contributed by atoms with Gasteiger partial charge in [-0.05, 0) is 6.92 Å². The summed E-state index contributed by atoms with van der Waals surface area (Å²) in [6.07, 6.45) is 7.95. The summed E-state index contributed by atoms with van der Waals surface area (Å²) in [6, 6.07) is 0. The van der Waals surface area contributed by atoms with Crippen molar-refractivity contribution in [1.82, 2.24) is 19.5 Å². The Kier molecular flexibility index (Phi) is 2.53. The Hall–Kier alpha value is -2.04. The molecule has 76 valence electrons. The largest absolute Gasteiger partial charge is 0.327 e. The number of carbonyl (C=O) groups excluding carboxylic acids is 1. The number of ketones is 1. The number of carbonyl (C=O) groups is 1. The van der Waals surface area contributed by atoms with Gasteiger partial charge in [0.1, 0.15) is 11.5 Å². The zero-order valence-corrected chi connectivity index (χ0v) is 8.29. The van der Waals surface area contributed by atoms with Gasteiger partial charge in [-0.25, -0.2) is 9.97 Å². The Balaban J connectivity index is 2.15. The second-order valence-corrected chi connectivity index (χ2v) is 3.12. The van der Waals surface area contributed by atoms with Crippen molar-refractivity contribution in [2.45, 2.75) is 13.5 Å². The minimum absolute atomic E-state index is 0.0656. The maximum atomic E-state index is 11.7. The van der Waals surface area contributed by atoms with Gasteiger partial charge in [0, 0.05) is 24.8 Å². The molecule has 0 radical (unpaired) electrons. The molecular weight excluding hydrogens is 192 g/mol. The number of hydrogen-bond donors (Lipinski definition) is 0. The summed E-state index contributed by atoms with van der Waals surface area (Å²) in [5, 5.41) is 0. The predicted molar refractivity (Wildman–Crippen MR) is 53.3 cm³/mol. The quantitative estimate of drug-likeness (QED) is 0.693. The lowest BCUT2D eigenvalue weighted by Gasteiger charge is -2.02. The van der Waals surface area contributed by atoms with E-state index in [0.29, 0.717) is 5.69 Å². The Morgan fingerprint density at radius 1 is 1.33 bits per heavy atom. The highest BCUT2D eigenvalue weighted by Gasteiger charge is 2.08. The van der Waals surface area contributed by atoms with Crippen molar-refractivity contribution < 1.29 is 4.79 Å². The van der Waals surface area contributed by atoms with E-state index in [1.807, 2.05) is 6.92 Å². The van der Waals surface area contributed by atoms with E-state index in [1.165, 1.54) is 12.4 Å². The minimum Gasteiger partial charge on any atom is -0.327 e. The molecule has 15 heavy (non-hydrogen) atoms. The van der Waals surface area contributed by atoms with E-state index in [9.17, 15) is 4.79 Å². The number of hydrogen-bond acceptors (Lipinski definition) is 4. The second kappa shape index (κ2) is 4.00. The van der Waals surface area contributed by atoms with E-state index in [4.69, 9.17) is 0 Å². The van der Waals surface area contributed by atoms with Gasteiger partial charge in [-0.15, -0.1) is 0 Å². The molecule has 0 saturated heterocycles. The van der Waals surface area contributed by atoms with Gasteiger partial charge in [0.25, 0.3) is 0 Å². The molecule has 5 heteroatoms. The van der Waals surface area contributed by atoms with E-state index >= 15 is 0 Å². The Morgan fingerprint density at radius 2 is 2.20 bits per heavy atom. The van der Waals surface area contributed by atoms with Crippen molar-refractivity contribution in [3.8, 4) is 0 Å². The molecular formula is C10H10N4O. The number of Topliss-reactive ketones (excluding diaryl/α,β-unsaturated/α-hetero) is 1. The molecule has 0 bridgehead atoms. The Labute approximate surface area is 86.8 Å². The van der Waals surface area contributed by atoms with Crippen LogP contribution in [0.1, 0.15) is 16.3 Å². The number of aryl methyl sites for hydroxylation is 1. The summed E-state index contributed by atoms with van der Waals surface area (Å²) in [5.74, 6) is 0.747. The van der Waals surface area contributed by atoms with E-state index in [0.717, 1.165) is 5.82 Å². The highest BCUT2D eigenvalue weighted by atomic mass is 16.1. The van der Waals surface area contributed by atoms with Crippen molar-refractivity contribution in [2.75, 3.05) is 0 Å². The normalized spacial score (nSPS) is 10.2. The van der Waals surface area contributed by atoms with Crippen LogP contribution in [-0.2, 0) is 6.54 Å². The predicted octanol–water partition coefficient (Wildman–Crippen LogP) is 0.864. The first-order chi connectivity index (χ1) is 7.27. The lowest BCUT2D eigenvalue weighted by molar-refractivity contribution is 0.0966. The van der Waals surface area contributed by atoms with Crippen LogP contribution in [-0.4, -0.2) is 25.3 Å². The lowest BCUT2D eigenvalue weighted by Crippen LogP contribution is -2.12. The average molecular weight is 202 g/mol. The highest BCUT2D eigenvalue weighted by molar-refractivity contribution is 5.93. The molecule has 0 spiro atoms. The van der Waals surface area contributed by atoms with Crippen molar-refractivity contribution in [2.24, 2.45) is 0 Å². The van der Waals surface area contributed by atoms with Crippen LogP contribution in [0.15, 0.2) is 31.0 Å². The van der Waals surface area contributed by atoms with Gasteiger partial charge in [0.2, 0.25) is 5.78 Å². The molecule has 2 aromatic heterocycles. The van der Waals surface area contributed by atoms with Crippen LogP contribution in [0, 0.1) is 6.92 Å². The van der Waals surface area contributed by atoms with Gasteiger partial charge in [-0.1, -0.05) is 0 Å². The van der Waals surface area contributed by atoms with Crippen molar-refractivity contribution >= 4 is 5.78 Å². The SMILES string of the molecule is Cc1nccn1CC(=O)c1cnccn1. The molecule has 0 aliphatic carbocycles. The Morgan fingerprint density at radius 3 is 2.80 bits per heavy atom. The molecule has 0 aliphatic rings. The smallest absolute Gasteiger partial charge is 0.202 e. The van der Waals surface area contributed by atoms with Crippen LogP contribution in [0.4, 0.5) is 0 Å². The topological polar surface area (TPSA) is 60.7 Å². The maximum absolute atomic E-state index is 11.7. The van der Waals surface area contributed by atoms with Crippen molar-refractivity contribution in [3.05, 3.63) is 42.5 Å². The first kappa shape index (κ1) is 9.51. The molecule has 0 amide bonds. The van der Waals surface area contributed by atoms with E-state index in [2.05, 4.69) is 15.0 Å². The van der Waals surface area contributed by atoms with E-state index in [1.54, 1.807) is 23.2 Å². The first-order valence-corrected chi connectivity index (χ1v) is 4.54. The van der Waals surface area contributed by atoms with Gasteiger partial charge in [0.15, 0.2) is 0 Å². The van der Waals surface area contributed by atoms with Crippen LogP contribution >= 0.6 is 0 Å². The molecule has 0 aliphatic heterocycles. The molecule has 2 aromatic rings. The second-order valence-electron chi connectivity index (χ2n) is 3.12. The van der Waals surface area contributed by atoms with Gasteiger partial charge in [-0.3, -0.25) is 9.78 Å². The van der Waals surface area contributed by atoms with E-state index < -0.39 is 0 Å². The summed E-state index contributed by atoms with van der Waals surface area (Å²) < 4.78 is 1.77. The molecule has 0 atom stereocenters. The van der Waals surface area contributed by atoms with Crippen molar-refractivity contribution in [3.63, 3.8) is 0 Å². The number of aromatic nitrogens is 4. The fourth-order valence-electron chi connectivity index (χ4n) is 1.25. The van der Waals surface area contributed by atoms with Crippen LogP contribution in [0.2, 0.25) is 0 Å². The van der Waals surface area contributed by atoms with Crippen LogP contribution in [0.3, 0.4) is 0 Å². The maximum Gasteiger partial charge on any atom is 0.202 e. The zero-order chi connectivity index (χ0) is 10.7. The standard InChI is InChI=1S/C10H10N4O/c1-8-12-4-5-14(8)7-10(15)9-6-11-2-3-13-9/h2-6H,7H2,1H3. The number of imidazole rings is 1. The molecule has 2 rings (SSSR count). The van der Waals surface area contributed by atoms with Gasteiger partial charge < -0.3 is 4.57 Å². The zero-order valence-electron chi connectivity index (χ0n) is 8.29. The van der Waals surface area contributed by atoms with E-state index in [-0.39, 0.29) is 12.3 Å². The summed E-state index contributed by atoms with van der Waals surface area (Å²) in [7, 11) is 0. The molecule has 2 heterocycles. The van der Waals surface area contributed by atoms with Gasteiger partial charge in [-0.2, -0.15) is 0 Å². The molecule has 0 saturated carbocycles. The Bertz CT molecular complexity index is 463. The third-order valence-electron chi connectivity index (χ3n) is 2.09. The van der Waals surface area contributed by atoms with Gasteiger partial charge >= 0.3 is 0 Å². The van der Waals surface area contributed by atoms with Gasteiger partial charge in [0.05, 0.1) is 12.7 Å². The molecule has 0 fully saturated rings. The van der Waals surface area contributed by atoms with Crippen LogP contribution in [0.25, 0.3) is 0 Å². The molecule has 5 nitrogen and oxygen atoms in total. The minimum atomic E-state index is -0.0656. The highest BCUT2D eigenvalue weighted by Crippen LogP contribution is 2.00. The molecule has 0 unspecified atom stereocenters. The first-order valence-electron chi connectivity index (χ1n) is 4.54. The average Bonchev–Trinajstić information content (AvgIpc) is 2.66. The van der Waals surface area contributed by atoms with Crippen molar-refractivity contribution in [1.29, 1.82) is 0 Å². The van der Waals surface area contributed by atoms with Crippen LogP contribution in [0.5, 0.6) is 0 Å². The fraction of sp³-hybridized carbons (Fsp3) is 0.200. The summed E-state index contributed by atoms with van der Waals surface area (Å²) in [5.41, 5.74) is 0.380. The molecule has 0 aromatic carbocycles. The molecule has 0 N–H and O–H groups in total. The van der Waals surface area contributed by atoms with Crippen LogP contribution < -0.4 is 0 Å². The monoisotopic (exact) mass is 202 g/mol. The fourth-order valence-corrected chi connectivity index (χ4v) is 1.25. The lowest BCUT2D eigenvalue weighted by atomic mass is 10.3. The third kappa shape index (κ3) is 2.07. The summed E-state index contributed by atoms with van der Waals surface area (Å²) in [6.45, 7) is 2.11. The third-order valence-corrected chi connectivity index (χ3v) is 2.09. The number of nitrogens with zero attached hydrogens (tertiary/aromatic N) is 4. The summed E-state index contributed by atoms with van der Waals surface area (Å²) >= 11 is 0. The summed E-state index contributed by atoms with van der Waals surface area (Å²) in [4.78, 5) is 23.5.